The second kappa shape index (κ2) is 8.20. The maximum absolute atomic E-state index is 13.3. The van der Waals surface area contributed by atoms with Crippen LogP contribution in [0.4, 0.5) is 22.0 Å². The average molecular weight is 408 g/mol. The van der Waals surface area contributed by atoms with Crippen LogP contribution in [0, 0.1) is 0 Å². The van der Waals surface area contributed by atoms with Crippen molar-refractivity contribution < 1.29 is 36.2 Å². The maximum Gasteiger partial charge on any atom is 0.573 e. The number of hydrogen-bond acceptors (Lipinski definition) is 4. The number of carbonyl (C=O) groups excluding carboxylic acids is 1. The van der Waals surface area contributed by atoms with E-state index in [9.17, 15) is 26.7 Å². The van der Waals surface area contributed by atoms with Crippen molar-refractivity contribution in [1.29, 1.82) is 0 Å². The molecule has 0 bridgehead atoms. The van der Waals surface area contributed by atoms with Gasteiger partial charge in [-0.2, -0.15) is 0 Å². The molecule has 0 radical (unpaired) electrons. The number of amides is 1. The first kappa shape index (κ1) is 20.8. The average Bonchev–Trinajstić information content (AvgIpc) is 2.62. The fourth-order valence-electron chi connectivity index (χ4n) is 3.31. The lowest BCUT2D eigenvalue weighted by Crippen LogP contribution is -2.53. The summed E-state index contributed by atoms with van der Waals surface area (Å²) in [5, 5.41) is 0. The topological polar surface area (TPSA) is 42.0 Å². The minimum absolute atomic E-state index is 0.00631. The quantitative estimate of drug-likeness (QED) is 0.719. The molecule has 2 saturated heterocycles. The molecule has 1 atom stereocenters. The van der Waals surface area contributed by atoms with Crippen LogP contribution in [0.25, 0.3) is 0 Å². The lowest BCUT2D eigenvalue weighted by molar-refractivity contribution is -0.274. The first-order valence-corrected chi connectivity index (χ1v) is 8.97. The van der Waals surface area contributed by atoms with E-state index in [0.717, 1.165) is 5.56 Å². The molecular weight excluding hydrogens is 387 g/mol. The van der Waals surface area contributed by atoms with E-state index in [1.165, 1.54) is 29.2 Å². The van der Waals surface area contributed by atoms with Gasteiger partial charge in [-0.3, -0.25) is 9.69 Å². The van der Waals surface area contributed by atoms with Crippen molar-refractivity contribution in [1.82, 2.24) is 9.80 Å². The Morgan fingerprint density at radius 2 is 1.79 bits per heavy atom. The van der Waals surface area contributed by atoms with Crippen LogP contribution in [-0.4, -0.2) is 66.9 Å². The Morgan fingerprint density at radius 3 is 2.39 bits per heavy atom. The third-order valence-electron chi connectivity index (χ3n) is 4.80. The van der Waals surface area contributed by atoms with Gasteiger partial charge in [0.1, 0.15) is 11.9 Å². The molecule has 0 aromatic heterocycles. The monoisotopic (exact) mass is 408 g/mol. The molecule has 0 spiro atoms. The van der Waals surface area contributed by atoms with Gasteiger partial charge in [0.15, 0.2) is 0 Å². The number of alkyl halides is 5. The van der Waals surface area contributed by atoms with Gasteiger partial charge in [0.25, 0.3) is 11.8 Å². The molecule has 2 aliphatic rings. The summed E-state index contributed by atoms with van der Waals surface area (Å²) >= 11 is 0. The number of carbonyl (C=O) groups is 1. The molecule has 156 valence electrons. The van der Waals surface area contributed by atoms with E-state index in [4.69, 9.17) is 4.74 Å². The minimum atomic E-state index is -4.74. The molecule has 10 heteroatoms. The van der Waals surface area contributed by atoms with Crippen LogP contribution >= 0.6 is 0 Å². The van der Waals surface area contributed by atoms with Crippen LogP contribution in [0.2, 0.25) is 0 Å². The first-order chi connectivity index (χ1) is 13.1. The van der Waals surface area contributed by atoms with Crippen molar-refractivity contribution in [2.45, 2.75) is 37.8 Å². The normalized spacial score (nSPS) is 23.5. The third-order valence-corrected chi connectivity index (χ3v) is 4.80. The van der Waals surface area contributed by atoms with Crippen molar-refractivity contribution >= 4 is 5.91 Å². The van der Waals surface area contributed by atoms with Gasteiger partial charge in [-0.15, -0.1) is 13.2 Å². The lowest BCUT2D eigenvalue weighted by atomic mass is 10.1. The number of morpholine rings is 1. The zero-order chi connectivity index (χ0) is 20.4. The van der Waals surface area contributed by atoms with E-state index < -0.39 is 18.4 Å². The van der Waals surface area contributed by atoms with E-state index in [2.05, 4.69) is 4.74 Å². The number of halogens is 5. The Hall–Kier alpha value is -1.94. The second-order valence-electron chi connectivity index (χ2n) is 6.97. The highest BCUT2D eigenvalue weighted by Gasteiger charge is 2.38. The van der Waals surface area contributed by atoms with Gasteiger partial charge in [-0.25, -0.2) is 8.78 Å². The zero-order valence-corrected chi connectivity index (χ0v) is 15.1. The van der Waals surface area contributed by atoms with Gasteiger partial charge >= 0.3 is 6.36 Å². The summed E-state index contributed by atoms with van der Waals surface area (Å²) in [6.45, 7) is 1.61. The molecule has 28 heavy (non-hydrogen) atoms. The molecule has 3 rings (SSSR count). The van der Waals surface area contributed by atoms with Gasteiger partial charge in [0.2, 0.25) is 0 Å². The highest BCUT2D eigenvalue weighted by molar-refractivity contribution is 5.81. The van der Waals surface area contributed by atoms with E-state index in [1.807, 2.05) is 4.90 Å². The summed E-state index contributed by atoms with van der Waals surface area (Å²) in [5.74, 6) is -3.32. The Bertz CT molecular complexity index is 671. The molecule has 1 aromatic rings. The summed E-state index contributed by atoms with van der Waals surface area (Å²) < 4.78 is 72.5. The van der Waals surface area contributed by atoms with Gasteiger partial charge in [0, 0.05) is 45.6 Å². The SMILES string of the molecule is O=C(C1CN(Cc2ccc(OC(F)(F)F)cc2)CCO1)N1CCC(F)(F)CC1. The van der Waals surface area contributed by atoms with Crippen LogP contribution in [0.15, 0.2) is 24.3 Å². The Morgan fingerprint density at radius 1 is 1.14 bits per heavy atom. The van der Waals surface area contributed by atoms with Crippen molar-refractivity contribution in [3.63, 3.8) is 0 Å². The number of piperidine rings is 1. The van der Waals surface area contributed by atoms with Crippen LogP contribution in [0.1, 0.15) is 18.4 Å². The molecule has 0 N–H and O–H groups in total. The molecule has 2 fully saturated rings. The molecule has 2 heterocycles. The highest BCUT2D eigenvalue weighted by atomic mass is 19.4. The van der Waals surface area contributed by atoms with Gasteiger partial charge in [-0.05, 0) is 17.7 Å². The number of likely N-dealkylation sites (tertiary alicyclic amines) is 1. The van der Waals surface area contributed by atoms with Crippen molar-refractivity contribution in [3.05, 3.63) is 29.8 Å². The molecular formula is C18H21F5N2O3. The van der Waals surface area contributed by atoms with Crippen LogP contribution in [0.3, 0.4) is 0 Å². The van der Waals surface area contributed by atoms with Gasteiger partial charge < -0.3 is 14.4 Å². The van der Waals surface area contributed by atoms with E-state index >= 15 is 0 Å². The Balaban J connectivity index is 1.53. The number of ether oxygens (including phenoxy) is 2. The largest absolute Gasteiger partial charge is 0.573 e. The highest BCUT2D eigenvalue weighted by Crippen LogP contribution is 2.28. The van der Waals surface area contributed by atoms with E-state index in [0.29, 0.717) is 26.2 Å². The third kappa shape index (κ3) is 5.78. The molecule has 1 amide bonds. The van der Waals surface area contributed by atoms with E-state index in [1.54, 1.807) is 0 Å². The molecule has 5 nitrogen and oxygen atoms in total. The van der Waals surface area contributed by atoms with Crippen LogP contribution < -0.4 is 4.74 Å². The first-order valence-electron chi connectivity index (χ1n) is 8.97. The Labute approximate surface area is 159 Å². The maximum atomic E-state index is 13.3. The molecule has 1 unspecified atom stereocenters. The molecule has 0 saturated carbocycles. The van der Waals surface area contributed by atoms with Crippen molar-refractivity contribution in [2.75, 3.05) is 32.8 Å². The minimum Gasteiger partial charge on any atom is -0.406 e. The van der Waals surface area contributed by atoms with Crippen LogP contribution in [-0.2, 0) is 16.1 Å². The summed E-state index contributed by atoms with van der Waals surface area (Å²) in [4.78, 5) is 15.9. The summed E-state index contributed by atoms with van der Waals surface area (Å²) in [6, 6.07) is 5.53. The fraction of sp³-hybridized carbons (Fsp3) is 0.611. The second-order valence-corrected chi connectivity index (χ2v) is 6.97. The fourth-order valence-corrected chi connectivity index (χ4v) is 3.31. The van der Waals surface area contributed by atoms with Crippen molar-refractivity contribution in [3.8, 4) is 5.75 Å². The van der Waals surface area contributed by atoms with Gasteiger partial charge in [-0.1, -0.05) is 12.1 Å². The van der Waals surface area contributed by atoms with Crippen molar-refractivity contribution in [2.24, 2.45) is 0 Å². The summed E-state index contributed by atoms with van der Waals surface area (Å²) in [7, 11) is 0. The van der Waals surface area contributed by atoms with Gasteiger partial charge in [0.05, 0.1) is 6.61 Å². The standard InChI is InChI=1S/C18H21F5N2O3/c19-17(20)5-7-25(8-6-17)16(26)15-12-24(9-10-27-15)11-13-1-3-14(4-2-13)28-18(21,22)23/h1-4,15H,5-12H2. The predicted molar refractivity (Wildman–Crippen MR) is 88.9 cm³/mol. The molecule has 0 aliphatic carbocycles. The summed E-state index contributed by atoms with van der Waals surface area (Å²) in [6.07, 6.45) is -6.16. The van der Waals surface area contributed by atoms with E-state index in [-0.39, 0.29) is 37.6 Å². The zero-order valence-electron chi connectivity index (χ0n) is 15.1. The smallest absolute Gasteiger partial charge is 0.406 e. The number of benzene rings is 1. The molecule has 1 aromatic carbocycles. The number of rotatable bonds is 4. The lowest BCUT2D eigenvalue weighted by Gasteiger charge is -2.37. The number of nitrogens with zero attached hydrogens (tertiary/aromatic N) is 2. The number of hydrogen-bond donors (Lipinski definition) is 0. The van der Waals surface area contributed by atoms with Crippen LogP contribution in [0.5, 0.6) is 5.75 Å². The Kier molecular flexibility index (Phi) is 6.09. The predicted octanol–water partition coefficient (Wildman–Crippen LogP) is 3.04. The molecule has 2 aliphatic heterocycles. The summed E-state index contributed by atoms with van der Waals surface area (Å²) in [5.41, 5.74) is 0.764.